The first-order chi connectivity index (χ1) is 11.8. The number of halogens is 1. The molecule has 4 rings (SSSR count). The highest BCUT2D eigenvalue weighted by Gasteiger charge is 2.25. The van der Waals surface area contributed by atoms with E-state index in [1.54, 1.807) is 0 Å². The molecule has 25 heavy (non-hydrogen) atoms. The van der Waals surface area contributed by atoms with Crippen molar-refractivity contribution in [3.63, 3.8) is 0 Å². The van der Waals surface area contributed by atoms with Crippen LogP contribution in [0.5, 0.6) is 0 Å². The molecule has 7 nitrogen and oxygen atoms in total. The smallest absolute Gasteiger partial charge is 0.257 e. The maximum Gasteiger partial charge on any atom is 0.257 e. The van der Waals surface area contributed by atoms with E-state index >= 15 is 0 Å². The number of morpholine rings is 1. The molecule has 2 aromatic rings. The molecule has 1 aromatic heterocycles. The SMILES string of the molecule is CN1CCNCC1c1noc(-c2ccc(N3CCOCC3)cc2)n1.Cl. The van der Waals surface area contributed by atoms with E-state index in [1.807, 2.05) is 12.1 Å². The van der Waals surface area contributed by atoms with Gasteiger partial charge in [-0.25, -0.2) is 0 Å². The Bertz CT molecular complexity index is 672. The molecule has 3 heterocycles. The molecule has 2 aliphatic rings. The Hall–Kier alpha value is -1.67. The molecule has 2 aliphatic heterocycles. The van der Waals surface area contributed by atoms with E-state index in [1.165, 1.54) is 5.69 Å². The first-order valence-corrected chi connectivity index (χ1v) is 8.49. The van der Waals surface area contributed by atoms with Gasteiger partial charge in [0.05, 0.1) is 19.3 Å². The van der Waals surface area contributed by atoms with Gasteiger partial charge in [-0.2, -0.15) is 4.98 Å². The molecule has 0 amide bonds. The number of ether oxygens (including phenoxy) is 1. The first-order valence-electron chi connectivity index (χ1n) is 8.49. The minimum absolute atomic E-state index is 0. The quantitative estimate of drug-likeness (QED) is 0.885. The Morgan fingerprint density at radius 1 is 1.12 bits per heavy atom. The Morgan fingerprint density at radius 3 is 2.60 bits per heavy atom. The van der Waals surface area contributed by atoms with Crippen LogP contribution in [0.2, 0.25) is 0 Å². The van der Waals surface area contributed by atoms with Crippen molar-refractivity contribution in [2.75, 3.05) is 57.9 Å². The third kappa shape index (κ3) is 3.95. The Labute approximate surface area is 153 Å². The lowest BCUT2D eigenvalue weighted by Crippen LogP contribution is -2.44. The van der Waals surface area contributed by atoms with Crippen LogP contribution in [0.4, 0.5) is 5.69 Å². The molecule has 2 fully saturated rings. The molecule has 0 bridgehead atoms. The molecule has 0 radical (unpaired) electrons. The lowest BCUT2D eigenvalue weighted by molar-refractivity contribution is 0.122. The van der Waals surface area contributed by atoms with Crippen LogP contribution in [0.1, 0.15) is 11.9 Å². The summed E-state index contributed by atoms with van der Waals surface area (Å²) >= 11 is 0. The van der Waals surface area contributed by atoms with Crippen molar-refractivity contribution in [3.05, 3.63) is 30.1 Å². The number of rotatable bonds is 3. The van der Waals surface area contributed by atoms with Crippen LogP contribution in [0, 0.1) is 0 Å². The number of nitrogens with zero attached hydrogens (tertiary/aromatic N) is 4. The summed E-state index contributed by atoms with van der Waals surface area (Å²) in [7, 11) is 2.10. The number of hydrogen-bond acceptors (Lipinski definition) is 7. The zero-order valence-corrected chi connectivity index (χ0v) is 15.2. The average molecular weight is 366 g/mol. The van der Waals surface area contributed by atoms with E-state index in [0.717, 1.165) is 57.3 Å². The number of likely N-dealkylation sites (N-methyl/N-ethyl adjacent to an activating group) is 1. The minimum atomic E-state index is 0. The third-order valence-electron chi connectivity index (χ3n) is 4.74. The highest BCUT2D eigenvalue weighted by Crippen LogP contribution is 2.25. The van der Waals surface area contributed by atoms with Gasteiger partial charge in [0.15, 0.2) is 5.82 Å². The van der Waals surface area contributed by atoms with Gasteiger partial charge >= 0.3 is 0 Å². The van der Waals surface area contributed by atoms with Gasteiger partial charge in [-0.3, -0.25) is 4.90 Å². The van der Waals surface area contributed by atoms with Crippen LogP contribution >= 0.6 is 12.4 Å². The van der Waals surface area contributed by atoms with Crippen molar-refractivity contribution in [2.45, 2.75) is 6.04 Å². The summed E-state index contributed by atoms with van der Waals surface area (Å²) in [5.41, 5.74) is 2.16. The second kappa shape index (κ2) is 8.14. The van der Waals surface area contributed by atoms with Crippen molar-refractivity contribution < 1.29 is 9.26 Å². The molecule has 1 N–H and O–H groups in total. The van der Waals surface area contributed by atoms with Crippen LogP contribution in [0.25, 0.3) is 11.5 Å². The number of nitrogens with one attached hydrogen (secondary N) is 1. The molecule has 0 saturated carbocycles. The number of aromatic nitrogens is 2. The topological polar surface area (TPSA) is 66.7 Å². The number of hydrogen-bond donors (Lipinski definition) is 1. The van der Waals surface area contributed by atoms with Crippen LogP contribution in [-0.2, 0) is 4.74 Å². The number of benzene rings is 1. The van der Waals surface area contributed by atoms with Gasteiger partial charge in [0, 0.05) is 44.0 Å². The van der Waals surface area contributed by atoms with E-state index in [-0.39, 0.29) is 18.4 Å². The second-order valence-electron chi connectivity index (χ2n) is 6.30. The maximum absolute atomic E-state index is 5.49. The van der Waals surface area contributed by atoms with Crippen LogP contribution in [0.3, 0.4) is 0 Å². The molecule has 1 unspecified atom stereocenters. The summed E-state index contributed by atoms with van der Waals surface area (Å²) in [6, 6.07) is 8.48. The van der Waals surface area contributed by atoms with Crippen LogP contribution < -0.4 is 10.2 Å². The zero-order chi connectivity index (χ0) is 16.4. The monoisotopic (exact) mass is 365 g/mol. The molecule has 0 aliphatic carbocycles. The van der Waals surface area contributed by atoms with Crippen molar-refractivity contribution in [2.24, 2.45) is 0 Å². The summed E-state index contributed by atoms with van der Waals surface area (Å²) in [4.78, 5) is 9.19. The summed E-state index contributed by atoms with van der Waals surface area (Å²) in [5, 5.41) is 7.56. The largest absolute Gasteiger partial charge is 0.378 e. The van der Waals surface area contributed by atoms with E-state index in [9.17, 15) is 0 Å². The standard InChI is InChI=1S/C17H23N5O2.ClH/c1-21-7-6-18-12-15(21)16-19-17(24-20-16)13-2-4-14(5-3-13)22-8-10-23-11-9-22;/h2-5,15,18H,6-12H2,1H3;1H. The molecule has 1 aromatic carbocycles. The average Bonchev–Trinajstić information content (AvgIpc) is 3.13. The summed E-state index contributed by atoms with van der Waals surface area (Å²) in [5.74, 6) is 1.33. The normalized spacial score (nSPS) is 21.8. The molecular formula is C17H24ClN5O2. The maximum atomic E-state index is 5.49. The van der Waals surface area contributed by atoms with Crippen LogP contribution in [-0.4, -0.2) is 68.0 Å². The van der Waals surface area contributed by atoms with Gasteiger partial charge in [-0.1, -0.05) is 5.16 Å². The van der Waals surface area contributed by atoms with E-state index in [4.69, 9.17) is 9.26 Å². The van der Waals surface area contributed by atoms with Gasteiger partial charge in [0.2, 0.25) is 0 Å². The third-order valence-corrected chi connectivity index (χ3v) is 4.74. The number of anilines is 1. The van der Waals surface area contributed by atoms with E-state index in [0.29, 0.717) is 5.89 Å². The number of piperazine rings is 1. The highest BCUT2D eigenvalue weighted by molar-refractivity contribution is 5.85. The van der Waals surface area contributed by atoms with Gasteiger partial charge in [-0.05, 0) is 31.3 Å². The predicted octanol–water partition coefficient (Wildman–Crippen LogP) is 1.57. The molecular weight excluding hydrogens is 342 g/mol. The summed E-state index contributed by atoms with van der Waals surface area (Å²) in [6.07, 6.45) is 0. The molecule has 2 saturated heterocycles. The van der Waals surface area contributed by atoms with Gasteiger partial charge in [-0.15, -0.1) is 12.4 Å². The lowest BCUT2D eigenvalue weighted by Gasteiger charge is -2.30. The first kappa shape index (κ1) is 18.1. The molecule has 1 atom stereocenters. The van der Waals surface area contributed by atoms with Gasteiger partial charge < -0.3 is 19.5 Å². The minimum Gasteiger partial charge on any atom is -0.378 e. The van der Waals surface area contributed by atoms with Crippen molar-refractivity contribution in [1.82, 2.24) is 20.4 Å². The lowest BCUT2D eigenvalue weighted by atomic mass is 10.1. The van der Waals surface area contributed by atoms with Crippen molar-refractivity contribution in [1.29, 1.82) is 0 Å². The fraction of sp³-hybridized carbons (Fsp3) is 0.529. The van der Waals surface area contributed by atoms with Gasteiger partial charge in [0.1, 0.15) is 0 Å². The van der Waals surface area contributed by atoms with Crippen molar-refractivity contribution >= 4 is 18.1 Å². The summed E-state index contributed by atoms with van der Waals surface area (Å²) in [6.45, 7) is 6.29. The summed E-state index contributed by atoms with van der Waals surface area (Å²) < 4.78 is 10.9. The Kier molecular flexibility index (Phi) is 5.90. The fourth-order valence-corrected chi connectivity index (χ4v) is 3.22. The Balaban J connectivity index is 0.00000182. The molecule has 8 heteroatoms. The molecule has 136 valence electrons. The fourth-order valence-electron chi connectivity index (χ4n) is 3.22. The van der Waals surface area contributed by atoms with Crippen LogP contribution in [0.15, 0.2) is 28.8 Å². The zero-order valence-electron chi connectivity index (χ0n) is 14.4. The van der Waals surface area contributed by atoms with Gasteiger partial charge in [0.25, 0.3) is 5.89 Å². The second-order valence-corrected chi connectivity index (χ2v) is 6.30. The Morgan fingerprint density at radius 2 is 1.88 bits per heavy atom. The van der Waals surface area contributed by atoms with Crippen molar-refractivity contribution in [3.8, 4) is 11.5 Å². The molecule has 0 spiro atoms. The predicted molar refractivity (Wildman–Crippen MR) is 98.3 cm³/mol. The highest BCUT2D eigenvalue weighted by atomic mass is 35.5. The van der Waals surface area contributed by atoms with E-state index in [2.05, 4.69) is 44.4 Å². The van der Waals surface area contributed by atoms with E-state index < -0.39 is 0 Å².